The lowest BCUT2D eigenvalue weighted by atomic mass is 9.84. The van der Waals surface area contributed by atoms with Crippen LogP contribution in [0, 0.1) is 0 Å². The minimum atomic E-state index is -1.26. The van der Waals surface area contributed by atoms with Crippen molar-refractivity contribution in [3.63, 3.8) is 0 Å². The molecule has 4 heteroatoms. The predicted molar refractivity (Wildman–Crippen MR) is 89.8 cm³/mol. The molecule has 1 aliphatic rings. The van der Waals surface area contributed by atoms with Crippen molar-refractivity contribution in [3.05, 3.63) is 74.7 Å². The Hall–Kier alpha value is -1.23. The number of halogens is 2. The van der Waals surface area contributed by atoms with Gasteiger partial charge in [-0.2, -0.15) is 0 Å². The van der Waals surface area contributed by atoms with Gasteiger partial charge in [-0.3, -0.25) is 4.79 Å². The fraction of sp³-hybridized carbons (Fsp3) is 0.118. The average molecular weight is 408 g/mol. The minimum absolute atomic E-state index is 0.0571. The van der Waals surface area contributed by atoms with Gasteiger partial charge in [0.05, 0.1) is 0 Å². The Labute approximate surface area is 139 Å². The molecule has 2 aromatic rings. The summed E-state index contributed by atoms with van der Waals surface area (Å²) in [6.45, 7) is 0. The molecule has 1 aliphatic carbocycles. The average Bonchev–Trinajstić information content (AvgIpc) is 2.76. The van der Waals surface area contributed by atoms with Crippen LogP contribution in [0.1, 0.15) is 17.5 Å². The first-order valence-electron chi connectivity index (χ1n) is 6.48. The number of carbonyl (C=O) groups excluding carboxylic acids is 1. The van der Waals surface area contributed by atoms with Crippen LogP contribution in [0.15, 0.2) is 63.6 Å². The summed E-state index contributed by atoms with van der Waals surface area (Å²) in [7, 11) is 0. The molecular weight excluding hydrogens is 396 g/mol. The Kier molecular flexibility index (Phi) is 3.86. The zero-order valence-electron chi connectivity index (χ0n) is 11.0. The predicted octanol–water partition coefficient (Wildman–Crippen LogP) is 4.46. The lowest BCUT2D eigenvalue weighted by Crippen LogP contribution is -2.25. The summed E-state index contributed by atoms with van der Waals surface area (Å²) in [5.74, 6) is -0.0571. The van der Waals surface area contributed by atoms with Crippen molar-refractivity contribution in [1.29, 1.82) is 0 Å². The third-order valence-electron chi connectivity index (χ3n) is 3.66. The molecule has 2 aromatic carbocycles. The number of benzene rings is 2. The van der Waals surface area contributed by atoms with Crippen LogP contribution < -0.4 is 0 Å². The summed E-state index contributed by atoms with van der Waals surface area (Å²) in [4.78, 5) is 11.9. The molecule has 0 spiro atoms. The molecule has 2 nitrogen and oxygen atoms in total. The molecule has 0 heterocycles. The monoisotopic (exact) mass is 406 g/mol. The van der Waals surface area contributed by atoms with E-state index in [1.165, 1.54) is 0 Å². The largest absolute Gasteiger partial charge is 0.380 e. The fourth-order valence-corrected chi connectivity index (χ4v) is 3.14. The standard InChI is InChI=1S/C17H12Br2O2/c18-13-5-1-11(2-6-13)16-9-15(20)10-17(16,21)12-3-7-14(19)8-4-12/h1-9,21H,10H2. The Balaban J connectivity index is 2.09. The molecule has 0 fully saturated rings. The number of hydrogen-bond acceptors (Lipinski definition) is 2. The Morgan fingerprint density at radius 1 is 0.905 bits per heavy atom. The molecule has 106 valence electrons. The first-order chi connectivity index (χ1) is 9.99. The Morgan fingerprint density at radius 3 is 2.00 bits per heavy atom. The van der Waals surface area contributed by atoms with Crippen LogP contribution in [-0.2, 0) is 10.4 Å². The highest BCUT2D eigenvalue weighted by Gasteiger charge is 2.41. The van der Waals surface area contributed by atoms with Gasteiger partial charge >= 0.3 is 0 Å². The number of carbonyl (C=O) groups is 1. The second kappa shape index (κ2) is 5.52. The number of rotatable bonds is 2. The molecule has 21 heavy (non-hydrogen) atoms. The lowest BCUT2D eigenvalue weighted by molar-refractivity contribution is -0.116. The molecule has 0 amide bonds. The highest BCUT2D eigenvalue weighted by atomic mass is 79.9. The molecule has 0 aromatic heterocycles. The molecular formula is C17H12Br2O2. The molecule has 1 unspecified atom stereocenters. The van der Waals surface area contributed by atoms with Gasteiger partial charge in [-0.15, -0.1) is 0 Å². The van der Waals surface area contributed by atoms with E-state index in [1.54, 1.807) is 6.08 Å². The molecule has 0 saturated carbocycles. The van der Waals surface area contributed by atoms with Crippen LogP contribution >= 0.6 is 31.9 Å². The summed E-state index contributed by atoms with van der Waals surface area (Å²) in [5.41, 5.74) is 0.980. The quantitative estimate of drug-likeness (QED) is 0.798. The maximum Gasteiger partial charge on any atom is 0.159 e. The van der Waals surface area contributed by atoms with E-state index in [-0.39, 0.29) is 12.2 Å². The van der Waals surface area contributed by atoms with Crippen LogP contribution in [0.3, 0.4) is 0 Å². The van der Waals surface area contributed by atoms with Crippen molar-refractivity contribution in [2.45, 2.75) is 12.0 Å². The van der Waals surface area contributed by atoms with Crippen molar-refractivity contribution < 1.29 is 9.90 Å². The summed E-state index contributed by atoms with van der Waals surface area (Å²) in [5, 5.41) is 11.1. The van der Waals surface area contributed by atoms with Gasteiger partial charge in [0, 0.05) is 15.4 Å². The maximum atomic E-state index is 11.9. The third kappa shape index (κ3) is 2.76. The minimum Gasteiger partial charge on any atom is -0.380 e. The van der Waals surface area contributed by atoms with Gasteiger partial charge in [-0.1, -0.05) is 56.1 Å². The van der Waals surface area contributed by atoms with Crippen molar-refractivity contribution >= 4 is 43.2 Å². The maximum absolute atomic E-state index is 11.9. The summed E-state index contributed by atoms with van der Waals surface area (Å²) < 4.78 is 1.90. The molecule has 3 rings (SSSR count). The zero-order valence-corrected chi connectivity index (χ0v) is 14.2. The van der Waals surface area contributed by atoms with E-state index in [9.17, 15) is 9.90 Å². The van der Waals surface area contributed by atoms with E-state index in [1.807, 2.05) is 48.5 Å². The van der Waals surface area contributed by atoms with Crippen LogP contribution in [0.5, 0.6) is 0 Å². The first kappa shape index (κ1) is 14.7. The zero-order chi connectivity index (χ0) is 15.0. The fourth-order valence-electron chi connectivity index (χ4n) is 2.61. The van der Waals surface area contributed by atoms with Gasteiger partial charge in [-0.25, -0.2) is 0 Å². The van der Waals surface area contributed by atoms with Crippen LogP contribution in [0.2, 0.25) is 0 Å². The Bertz CT molecular complexity index is 717. The summed E-state index contributed by atoms with van der Waals surface area (Å²) in [6, 6.07) is 15.0. The topological polar surface area (TPSA) is 37.3 Å². The van der Waals surface area contributed by atoms with Crippen LogP contribution in [0.25, 0.3) is 5.57 Å². The smallest absolute Gasteiger partial charge is 0.159 e. The molecule has 0 saturated heterocycles. The van der Waals surface area contributed by atoms with Gasteiger partial charge in [0.1, 0.15) is 5.60 Å². The van der Waals surface area contributed by atoms with E-state index in [2.05, 4.69) is 31.9 Å². The van der Waals surface area contributed by atoms with E-state index < -0.39 is 5.60 Å². The number of allylic oxidation sites excluding steroid dienone is 1. The second-order valence-electron chi connectivity index (χ2n) is 5.08. The van der Waals surface area contributed by atoms with Gasteiger partial charge in [0.15, 0.2) is 5.78 Å². The molecule has 0 bridgehead atoms. The lowest BCUT2D eigenvalue weighted by Gasteiger charge is -2.27. The van der Waals surface area contributed by atoms with Gasteiger partial charge in [0.2, 0.25) is 0 Å². The van der Waals surface area contributed by atoms with Gasteiger partial charge < -0.3 is 5.11 Å². The van der Waals surface area contributed by atoms with E-state index in [4.69, 9.17) is 0 Å². The number of aliphatic hydroxyl groups is 1. The van der Waals surface area contributed by atoms with Crippen molar-refractivity contribution in [2.24, 2.45) is 0 Å². The molecule has 0 radical (unpaired) electrons. The molecule has 0 aliphatic heterocycles. The van der Waals surface area contributed by atoms with E-state index in [0.29, 0.717) is 5.57 Å². The first-order valence-corrected chi connectivity index (χ1v) is 8.07. The van der Waals surface area contributed by atoms with E-state index >= 15 is 0 Å². The van der Waals surface area contributed by atoms with Crippen molar-refractivity contribution in [1.82, 2.24) is 0 Å². The highest BCUT2D eigenvalue weighted by Crippen LogP contribution is 2.44. The van der Waals surface area contributed by atoms with Gasteiger partial charge in [-0.05, 0) is 47.0 Å². The third-order valence-corrected chi connectivity index (χ3v) is 4.72. The summed E-state index contributed by atoms with van der Waals surface area (Å²) in [6.07, 6.45) is 1.63. The number of ketones is 1. The molecule has 1 atom stereocenters. The van der Waals surface area contributed by atoms with Gasteiger partial charge in [0.25, 0.3) is 0 Å². The Morgan fingerprint density at radius 2 is 1.43 bits per heavy atom. The van der Waals surface area contributed by atoms with Crippen LogP contribution in [0.4, 0.5) is 0 Å². The van der Waals surface area contributed by atoms with Crippen molar-refractivity contribution in [3.8, 4) is 0 Å². The summed E-state index contributed by atoms with van der Waals surface area (Å²) >= 11 is 6.78. The molecule has 1 N–H and O–H groups in total. The van der Waals surface area contributed by atoms with Crippen LogP contribution in [-0.4, -0.2) is 10.9 Å². The second-order valence-corrected chi connectivity index (χ2v) is 6.91. The van der Waals surface area contributed by atoms with E-state index in [0.717, 1.165) is 20.1 Å². The SMILES string of the molecule is O=C1C=C(c2ccc(Br)cc2)C(O)(c2ccc(Br)cc2)C1. The normalized spacial score (nSPS) is 21.5. The highest BCUT2D eigenvalue weighted by molar-refractivity contribution is 9.10. The number of hydrogen-bond donors (Lipinski definition) is 1. The van der Waals surface area contributed by atoms with Crippen molar-refractivity contribution in [2.75, 3.05) is 0 Å².